The lowest BCUT2D eigenvalue weighted by Gasteiger charge is -2.22. The Morgan fingerprint density at radius 3 is 2.95 bits per heavy atom. The lowest BCUT2D eigenvalue weighted by atomic mass is 10.00. The van der Waals surface area contributed by atoms with Crippen LogP contribution >= 0.6 is 11.3 Å². The molecule has 4 rings (SSSR count). The van der Waals surface area contributed by atoms with Crippen molar-refractivity contribution >= 4 is 21.4 Å². The fourth-order valence-electron chi connectivity index (χ4n) is 2.68. The third kappa shape index (κ3) is 1.41. The van der Waals surface area contributed by atoms with E-state index in [-0.39, 0.29) is 0 Å². The van der Waals surface area contributed by atoms with E-state index >= 15 is 0 Å². The standard InChI is InChI=1S/C15H12O3S/c1-7-5-11-12(14-9(7)3-4-19-14)13-10(15(16)18-11)6-8(2)17-13/h3-6,15-16H,1-2H3. The van der Waals surface area contributed by atoms with Crippen LogP contribution < -0.4 is 4.74 Å². The number of fused-ring (bicyclic) bond motifs is 5. The minimum Gasteiger partial charge on any atom is -0.461 e. The number of thiophene rings is 1. The Morgan fingerprint density at radius 2 is 2.11 bits per heavy atom. The summed E-state index contributed by atoms with van der Waals surface area (Å²) in [6.07, 6.45) is -0.947. The first-order valence-electron chi connectivity index (χ1n) is 6.11. The molecule has 0 saturated carbocycles. The minimum atomic E-state index is -0.947. The fraction of sp³-hybridized carbons (Fsp3) is 0.200. The molecule has 1 aliphatic rings. The predicted molar refractivity (Wildman–Crippen MR) is 74.6 cm³/mol. The first-order valence-corrected chi connectivity index (χ1v) is 6.99. The molecule has 0 spiro atoms. The molecule has 1 unspecified atom stereocenters. The lowest BCUT2D eigenvalue weighted by Crippen LogP contribution is -2.11. The summed E-state index contributed by atoms with van der Waals surface area (Å²) >= 11 is 1.67. The highest BCUT2D eigenvalue weighted by Crippen LogP contribution is 2.48. The van der Waals surface area contributed by atoms with E-state index < -0.39 is 6.29 Å². The van der Waals surface area contributed by atoms with Gasteiger partial charge in [0.25, 0.3) is 0 Å². The van der Waals surface area contributed by atoms with Crippen LogP contribution in [0.25, 0.3) is 21.4 Å². The fourth-order valence-corrected chi connectivity index (χ4v) is 3.68. The number of hydrogen-bond acceptors (Lipinski definition) is 4. The normalized spacial score (nSPS) is 17.1. The van der Waals surface area contributed by atoms with Gasteiger partial charge in [0.1, 0.15) is 17.3 Å². The summed E-state index contributed by atoms with van der Waals surface area (Å²) in [4.78, 5) is 0. The zero-order valence-electron chi connectivity index (χ0n) is 10.6. The van der Waals surface area contributed by atoms with Crippen LogP contribution in [0.15, 0.2) is 28.0 Å². The number of hydrogen-bond donors (Lipinski definition) is 1. The summed E-state index contributed by atoms with van der Waals surface area (Å²) in [5, 5.41) is 13.3. The number of aliphatic hydroxyl groups excluding tert-OH is 1. The van der Waals surface area contributed by atoms with Crippen LogP contribution in [0.1, 0.15) is 23.2 Å². The SMILES string of the molecule is Cc1cc2c(o1)-c1c(cc(C)c3ccsc13)OC2O. The third-order valence-corrected chi connectivity index (χ3v) is 4.46. The molecule has 0 radical (unpaired) electrons. The van der Waals surface area contributed by atoms with Gasteiger partial charge in [-0.3, -0.25) is 0 Å². The van der Waals surface area contributed by atoms with Crippen molar-refractivity contribution in [3.63, 3.8) is 0 Å². The van der Waals surface area contributed by atoms with Crippen molar-refractivity contribution in [3.8, 4) is 17.1 Å². The molecule has 1 aliphatic heterocycles. The molecule has 3 nitrogen and oxygen atoms in total. The second-order valence-electron chi connectivity index (χ2n) is 4.84. The molecule has 1 aromatic carbocycles. The average Bonchev–Trinajstić information content (AvgIpc) is 2.95. The van der Waals surface area contributed by atoms with Crippen molar-refractivity contribution in [2.24, 2.45) is 0 Å². The summed E-state index contributed by atoms with van der Waals surface area (Å²) in [6, 6.07) is 5.91. The van der Waals surface area contributed by atoms with Gasteiger partial charge in [-0.05, 0) is 48.4 Å². The molecule has 4 heteroatoms. The Labute approximate surface area is 114 Å². The van der Waals surface area contributed by atoms with Crippen LogP contribution in [0.5, 0.6) is 5.75 Å². The second-order valence-corrected chi connectivity index (χ2v) is 5.76. The largest absolute Gasteiger partial charge is 0.461 e. The zero-order chi connectivity index (χ0) is 13.1. The highest BCUT2D eigenvalue weighted by molar-refractivity contribution is 7.17. The van der Waals surface area contributed by atoms with E-state index in [1.165, 1.54) is 5.39 Å². The summed E-state index contributed by atoms with van der Waals surface area (Å²) < 4.78 is 12.6. The van der Waals surface area contributed by atoms with Gasteiger partial charge < -0.3 is 14.3 Å². The Balaban J connectivity index is 2.15. The smallest absolute Gasteiger partial charge is 0.228 e. The van der Waals surface area contributed by atoms with E-state index in [9.17, 15) is 5.11 Å². The number of benzene rings is 1. The summed E-state index contributed by atoms with van der Waals surface area (Å²) in [7, 11) is 0. The molecule has 3 aromatic rings. The number of ether oxygens (including phenoxy) is 1. The van der Waals surface area contributed by atoms with Crippen molar-refractivity contribution in [1.29, 1.82) is 0 Å². The molecule has 3 heterocycles. The van der Waals surface area contributed by atoms with Crippen molar-refractivity contribution in [1.82, 2.24) is 0 Å². The van der Waals surface area contributed by atoms with Crippen molar-refractivity contribution < 1.29 is 14.3 Å². The van der Waals surface area contributed by atoms with Crippen LogP contribution in [0.3, 0.4) is 0 Å². The van der Waals surface area contributed by atoms with Gasteiger partial charge in [0.05, 0.1) is 11.1 Å². The van der Waals surface area contributed by atoms with Gasteiger partial charge in [-0.1, -0.05) is 0 Å². The van der Waals surface area contributed by atoms with Gasteiger partial charge in [-0.2, -0.15) is 0 Å². The molecule has 0 saturated heterocycles. The van der Waals surface area contributed by atoms with Crippen molar-refractivity contribution in [2.75, 3.05) is 0 Å². The average molecular weight is 272 g/mol. The van der Waals surface area contributed by atoms with Gasteiger partial charge >= 0.3 is 0 Å². The van der Waals surface area contributed by atoms with Crippen LogP contribution in [0, 0.1) is 13.8 Å². The molecule has 0 bridgehead atoms. The molecule has 0 aliphatic carbocycles. The second kappa shape index (κ2) is 3.62. The molecule has 0 fully saturated rings. The molecular weight excluding hydrogens is 260 g/mol. The lowest BCUT2D eigenvalue weighted by molar-refractivity contribution is -0.0218. The van der Waals surface area contributed by atoms with Crippen molar-refractivity contribution in [2.45, 2.75) is 20.1 Å². The van der Waals surface area contributed by atoms with Gasteiger partial charge in [0.15, 0.2) is 0 Å². The highest BCUT2D eigenvalue weighted by Gasteiger charge is 2.30. The van der Waals surface area contributed by atoms with Gasteiger partial charge in [0, 0.05) is 4.70 Å². The quantitative estimate of drug-likeness (QED) is 0.668. The van der Waals surface area contributed by atoms with Gasteiger partial charge in [-0.25, -0.2) is 0 Å². The molecular formula is C15H12O3S. The summed E-state index contributed by atoms with van der Waals surface area (Å²) in [5.41, 5.74) is 2.82. The molecule has 1 atom stereocenters. The number of aliphatic hydroxyl groups is 1. The van der Waals surface area contributed by atoms with E-state index in [2.05, 4.69) is 11.4 Å². The van der Waals surface area contributed by atoms with E-state index in [0.717, 1.165) is 27.3 Å². The highest BCUT2D eigenvalue weighted by atomic mass is 32.1. The van der Waals surface area contributed by atoms with E-state index in [4.69, 9.17) is 9.15 Å². The topological polar surface area (TPSA) is 42.6 Å². The maximum absolute atomic E-state index is 10.1. The molecule has 19 heavy (non-hydrogen) atoms. The Morgan fingerprint density at radius 1 is 1.26 bits per heavy atom. The minimum absolute atomic E-state index is 0.696. The number of rotatable bonds is 0. The first-order chi connectivity index (χ1) is 9.15. The molecule has 0 amide bonds. The van der Waals surface area contributed by atoms with Crippen LogP contribution in [-0.4, -0.2) is 5.11 Å². The number of aryl methyl sites for hydroxylation is 2. The van der Waals surface area contributed by atoms with E-state index in [0.29, 0.717) is 11.3 Å². The van der Waals surface area contributed by atoms with Crippen LogP contribution in [0.2, 0.25) is 0 Å². The third-order valence-electron chi connectivity index (χ3n) is 3.53. The molecule has 2 aromatic heterocycles. The van der Waals surface area contributed by atoms with Gasteiger partial charge in [-0.15, -0.1) is 11.3 Å². The summed E-state index contributed by atoms with van der Waals surface area (Å²) in [6.45, 7) is 3.93. The predicted octanol–water partition coefficient (Wildman–Crippen LogP) is 4.16. The summed E-state index contributed by atoms with van der Waals surface area (Å²) in [5.74, 6) is 2.21. The molecule has 1 N–H and O–H groups in total. The van der Waals surface area contributed by atoms with Crippen LogP contribution in [-0.2, 0) is 0 Å². The number of furan rings is 1. The zero-order valence-corrected chi connectivity index (χ0v) is 11.4. The Kier molecular flexibility index (Phi) is 2.11. The van der Waals surface area contributed by atoms with Gasteiger partial charge in [0.2, 0.25) is 6.29 Å². The van der Waals surface area contributed by atoms with Crippen LogP contribution in [0.4, 0.5) is 0 Å². The van der Waals surface area contributed by atoms with E-state index in [1.807, 2.05) is 26.0 Å². The maximum Gasteiger partial charge on any atom is 0.228 e. The van der Waals surface area contributed by atoms with Crippen molar-refractivity contribution in [3.05, 3.63) is 40.5 Å². The first kappa shape index (κ1) is 11.1. The maximum atomic E-state index is 10.1. The van der Waals surface area contributed by atoms with E-state index in [1.54, 1.807) is 11.3 Å². The Hall–Kier alpha value is -1.78. The Bertz CT molecular complexity index is 797. The monoisotopic (exact) mass is 272 g/mol. The molecule has 96 valence electrons.